The summed E-state index contributed by atoms with van der Waals surface area (Å²) in [7, 11) is 3.39. The topological polar surface area (TPSA) is 44.5 Å². The monoisotopic (exact) mass is 277 g/mol. The zero-order valence-electron chi connectivity index (χ0n) is 12.9. The lowest BCUT2D eigenvalue weighted by molar-refractivity contribution is 0.220. The van der Waals surface area contributed by atoms with Gasteiger partial charge in [0.2, 0.25) is 0 Å². The van der Waals surface area contributed by atoms with Crippen molar-refractivity contribution in [3.05, 3.63) is 23.8 Å². The summed E-state index contributed by atoms with van der Waals surface area (Å²) in [5.74, 6) is 2.57. The maximum Gasteiger partial charge on any atom is 0.124 e. The van der Waals surface area contributed by atoms with Gasteiger partial charge in [0.15, 0.2) is 0 Å². The molecule has 3 heteroatoms. The summed E-state index contributed by atoms with van der Waals surface area (Å²) in [6.07, 6.45) is 7.08. The molecule has 0 spiro atoms. The third kappa shape index (κ3) is 3.09. The normalized spacial score (nSPS) is 26.3. The van der Waals surface area contributed by atoms with Gasteiger partial charge < -0.3 is 15.2 Å². The van der Waals surface area contributed by atoms with Gasteiger partial charge >= 0.3 is 0 Å². The Morgan fingerprint density at radius 1 is 1.20 bits per heavy atom. The Bertz CT molecular complexity index is 437. The van der Waals surface area contributed by atoms with Crippen LogP contribution in [0, 0.1) is 5.92 Å². The highest BCUT2D eigenvalue weighted by atomic mass is 16.5. The minimum Gasteiger partial charge on any atom is -0.497 e. The summed E-state index contributed by atoms with van der Waals surface area (Å²) >= 11 is 0. The van der Waals surface area contributed by atoms with Crippen LogP contribution in [0.5, 0.6) is 11.5 Å². The fourth-order valence-electron chi connectivity index (χ4n) is 3.36. The highest BCUT2D eigenvalue weighted by Crippen LogP contribution is 2.43. The predicted octanol–water partition coefficient (Wildman–Crippen LogP) is 3.85. The molecule has 1 aliphatic carbocycles. The molecule has 112 valence electrons. The van der Waals surface area contributed by atoms with E-state index in [1.165, 1.54) is 25.7 Å². The van der Waals surface area contributed by atoms with E-state index in [0.29, 0.717) is 0 Å². The highest BCUT2D eigenvalue weighted by molar-refractivity contribution is 5.44. The van der Waals surface area contributed by atoms with Crippen molar-refractivity contribution in [1.29, 1.82) is 0 Å². The van der Waals surface area contributed by atoms with Gasteiger partial charge in [-0.3, -0.25) is 0 Å². The van der Waals surface area contributed by atoms with Gasteiger partial charge in [-0.15, -0.1) is 0 Å². The Kier molecular flexibility index (Phi) is 4.92. The van der Waals surface area contributed by atoms with E-state index >= 15 is 0 Å². The minimum atomic E-state index is -0.274. The van der Waals surface area contributed by atoms with Crippen LogP contribution < -0.4 is 15.2 Å². The number of ether oxygens (including phenoxy) is 2. The molecular formula is C17H27NO2. The van der Waals surface area contributed by atoms with E-state index in [1.807, 2.05) is 18.2 Å². The summed E-state index contributed by atoms with van der Waals surface area (Å²) < 4.78 is 10.8. The summed E-state index contributed by atoms with van der Waals surface area (Å²) in [5, 5.41) is 0. The van der Waals surface area contributed by atoms with Gasteiger partial charge in [0.1, 0.15) is 11.5 Å². The maximum atomic E-state index is 6.70. The first-order valence-corrected chi connectivity index (χ1v) is 7.64. The molecule has 2 N–H and O–H groups in total. The molecule has 1 saturated carbocycles. The van der Waals surface area contributed by atoms with Crippen molar-refractivity contribution in [3.8, 4) is 11.5 Å². The molecule has 0 heterocycles. The van der Waals surface area contributed by atoms with Crippen molar-refractivity contribution in [2.75, 3.05) is 14.2 Å². The minimum absolute atomic E-state index is 0.274. The Labute approximate surface area is 122 Å². The Morgan fingerprint density at radius 3 is 2.45 bits per heavy atom. The SMILES string of the molecule is CCCC1CCC(N)(c2cc(OC)ccc2OC)CC1. The summed E-state index contributed by atoms with van der Waals surface area (Å²) in [6.45, 7) is 2.26. The fraction of sp³-hybridized carbons (Fsp3) is 0.647. The first-order chi connectivity index (χ1) is 9.62. The zero-order chi connectivity index (χ0) is 14.6. The summed E-state index contributed by atoms with van der Waals surface area (Å²) in [5.41, 5.74) is 7.52. The van der Waals surface area contributed by atoms with Crippen LogP contribution in [0.1, 0.15) is 51.0 Å². The van der Waals surface area contributed by atoms with Gasteiger partial charge in [-0.25, -0.2) is 0 Å². The molecule has 0 bridgehead atoms. The number of nitrogens with two attached hydrogens (primary N) is 1. The van der Waals surface area contributed by atoms with E-state index in [9.17, 15) is 0 Å². The molecule has 0 atom stereocenters. The Hall–Kier alpha value is -1.22. The van der Waals surface area contributed by atoms with E-state index in [-0.39, 0.29) is 5.54 Å². The smallest absolute Gasteiger partial charge is 0.124 e. The van der Waals surface area contributed by atoms with E-state index in [0.717, 1.165) is 35.8 Å². The standard InChI is InChI=1S/C17H27NO2/c1-4-5-13-8-10-17(18,11-9-13)15-12-14(19-2)6-7-16(15)20-3/h6-7,12-13H,4-5,8-11,18H2,1-3H3. The average Bonchev–Trinajstić information content (AvgIpc) is 2.49. The molecule has 3 nitrogen and oxygen atoms in total. The van der Waals surface area contributed by atoms with E-state index in [1.54, 1.807) is 14.2 Å². The van der Waals surface area contributed by atoms with Crippen LogP contribution in [0.3, 0.4) is 0 Å². The molecule has 1 aliphatic rings. The molecule has 0 radical (unpaired) electrons. The van der Waals surface area contributed by atoms with Crippen molar-refractivity contribution in [2.24, 2.45) is 11.7 Å². The van der Waals surface area contributed by atoms with Crippen LogP contribution >= 0.6 is 0 Å². The van der Waals surface area contributed by atoms with Gasteiger partial charge in [0, 0.05) is 11.1 Å². The molecule has 0 unspecified atom stereocenters. The van der Waals surface area contributed by atoms with Gasteiger partial charge in [0.25, 0.3) is 0 Å². The summed E-state index contributed by atoms with van der Waals surface area (Å²) in [6, 6.07) is 5.92. The lowest BCUT2D eigenvalue weighted by Crippen LogP contribution is -2.40. The first-order valence-electron chi connectivity index (χ1n) is 7.64. The number of methoxy groups -OCH3 is 2. The Morgan fingerprint density at radius 2 is 1.90 bits per heavy atom. The second-order valence-electron chi connectivity index (χ2n) is 5.95. The largest absolute Gasteiger partial charge is 0.497 e. The van der Waals surface area contributed by atoms with E-state index in [2.05, 4.69) is 6.92 Å². The fourth-order valence-corrected chi connectivity index (χ4v) is 3.36. The maximum absolute atomic E-state index is 6.70. The van der Waals surface area contributed by atoms with Crippen molar-refractivity contribution in [2.45, 2.75) is 51.0 Å². The average molecular weight is 277 g/mol. The van der Waals surface area contributed by atoms with Crippen molar-refractivity contribution in [1.82, 2.24) is 0 Å². The van der Waals surface area contributed by atoms with E-state index < -0.39 is 0 Å². The van der Waals surface area contributed by atoms with Crippen LogP contribution in [0.4, 0.5) is 0 Å². The van der Waals surface area contributed by atoms with Crippen LogP contribution in [-0.2, 0) is 5.54 Å². The second kappa shape index (κ2) is 6.49. The molecule has 0 aliphatic heterocycles. The van der Waals surface area contributed by atoms with Crippen LogP contribution in [-0.4, -0.2) is 14.2 Å². The second-order valence-corrected chi connectivity index (χ2v) is 5.95. The number of hydrogen-bond donors (Lipinski definition) is 1. The third-order valence-electron chi connectivity index (χ3n) is 4.64. The molecule has 2 rings (SSSR count). The summed E-state index contributed by atoms with van der Waals surface area (Å²) in [4.78, 5) is 0. The molecule has 1 aromatic carbocycles. The van der Waals surface area contributed by atoms with Crippen molar-refractivity contribution in [3.63, 3.8) is 0 Å². The van der Waals surface area contributed by atoms with Crippen LogP contribution in [0.15, 0.2) is 18.2 Å². The van der Waals surface area contributed by atoms with Gasteiger partial charge in [-0.2, -0.15) is 0 Å². The molecule has 1 aromatic rings. The number of hydrogen-bond acceptors (Lipinski definition) is 3. The third-order valence-corrected chi connectivity index (χ3v) is 4.64. The van der Waals surface area contributed by atoms with Gasteiger partial charge in [-0.05, 0) is 49.8 Å². The molecule has 1 fully saturated rings. The van der Waals surface area contributed by atoms with Crippen molar-refractivity contribution < 1.29 is 9.47 Å². The Balaban J connectivity index is 2.21. The number of rotatable bonds is 5. The predicted molar refractivity (Wildman–Crippen MR) is 82.3 cm³/mol. The van der Waals surface area contributed by atoms with Gasteiger partial charge in [0.05, 0.1) is 14.2 Å². The molecule has 20 heavy (non-hydrogen) atoms. The first kappa shape index (κ1) is 15.2. The van der Waals surface area contributed by atoms with E-state index in [4.69, 9.17) is 15.2 Å². The molecule has 0 amide bonds. The lowest BCUT2D eigenvalue weighted by atomic mass is 9.72. The number of benzene rings is 1. The highest BCUT2D eigenvalue weighted by Gasteiger charge is 2.35. The van der Waals surface area contributed by atoms with Crippen LogP contribution in [0.2, 0.25) is 0 Å². The molecule has 0 saturated heterocycles. The van der Waals surface area contributed by atoms with Crippen LogP contribution in [0.25, 0.3) is 0 Å². The van der Waals surface area contributed by atoms with Gasteiger partial charge in [-0.1, -0.05) is 19.8 Å². The lowest BCUT2D eigenvalue weighted by Gasteiger charge is -2.38. The molecule has 0 aromatic heterocycles. The quantitative estimate of drug-likeness (QED) is 0.889. The zero-order valence-corrected chi connectivity index (χ0v) is 12.9. The van der Waals surface area contributed by atoms with Crippen molar-refractivity contribution >= 4 is 0 Å². The molecular weight excluding hydrogens is 250 g/mol.